The molecule has 0 spiro atoms. The number of carbonyl (C=O) groups is 2. The minimum Gasteiger partial charge on any atom is -0.507 e. The van der Waals surface area contributed by atoms with Crippen molar-refractivity contribution in [3.63, 3.8) is 0 Å². The first kappa shape index (κ1) is 23.7. The number of non-ortho nitro benzene ring substituents is 1. The molecular weight excluding hydrogens is 502 g/mol. The number of hydrogen-bond acceptors (Lipinski definition) is 7. The molecule has 0 aliphatic carbocycles. The number of amides is 1. The van der Waals surface area contributed by atoms with Gasteiger partial charge in [-0.05, 0) is 60.9 Å². The molecule has 10 heteroatoms. The number of thiazole rings is 1. The molecule has 1 aromatic heterocycles. The van der Waals surface area contributed by atoms with Gasteiger partial charge in [0.2, 0.25) is 0 Å². The number of ketones is 1. The van der Waals surface area contributed by atoms with Gasteiger partial charge < -0.3 is 5.11 Å². The summed E-state index contributed by atoms with van der Waals surface area (Å²) in [6, 6.07) is 14.6. The van der Waals surface area contributed by atoms with Crippen LogP contribution in [0.15, 0.2) is 66.2 Å². The fraction of sp³-hybridized carbons (Fsp3) is 0.115. The van der Waals surface area contributed by atoms with Crippen LogP contribution in [0.3, 0.4) is 0 Å². The monoisotopic (exact) mass is 519 g/mol. The smallest absolute Gasteiger partial charge is 0.301 e. The van der Waals surface area contributed by atoms with E-state index in [0.29, 0.717) is 16.1 Å². The lowest BCUT2D eigenvalue weighted by atomic mass is 9.95. The molecular formula is C26H18ClN3O5S. The summed E-state index contributed by atoms with van der Waals surface area (Å²) in [6.07, 6.45) is 0. The Morgan fingerprint density at radius 1 is 1.11 bits per heavy atom. The van der Waals surface area contributed by atoms with E-state index in [2.05, 4.69) is 4.98 Å². The van der Waals surface area contributed by atoms with Gasteiger partial charge in [0.1, 0.15) is 5.76 Å². The van der Waals surface area contributed by atoms with Gasteiger partial charge >= 0.3 is 5.91 Å². The molecule has 0 radical (unpaired) electrons. The summed E-state index contributed by atoms with van der Waals surface area (Å²) < 4.78 is 0.833. The number of benzene rings is 3. The second-order valence-corrected chi connectivity index (χ2v) is 9.90. The zero-order valence-electron chi connectivity index (χ0n) is 19.1. The van der Waals surface area contributed by atoms with E-state index in [4.69, 9.17) is 11.6 Å². The van der Waals surface area contributed by atoms with E-state index in [1.807, 2.05) is 26.0 Å². The third-order valence-corrected chi connectivity index (χ3v) is 7.24. The number of nitro groups is 1. The number of Topliss-reactive ketones (excluding diaryl/α,β-unsaturated/α-hetero) is 1. The molecule has 0 unspecified atom stereocenters. The number of aliphatic hydroxyl groups excluding tert-OH is 1. The van der Waals surface area contributed by atoms with Crippen molar-refractivity contribution in [1.82, 2.24) is 4.98 Å². The lowest BCUT2D eigenvalue weighted by molar-refractivity contribution is -0.384. The summed E-state index contributed by atoms with van der Waals surface area (Å²) in [7, 11) is 0. The number of rotatable bonds is 4. The highest BCUT2D eigenvalue weighted by Gasteiger charge is 2.48. The molecule has 5 rings (SSSR count). The van der Waals surface area contributed by atoms with E-state index < -0.39 is 28.4 Å². The Hall–Kier alpha value is -4.08. The predicted molar refractivity (Wildman–Crippen MR) is 138 cm³/mol. The molecule has 1 saturated heterocycles. The Kier molecular flexibility index (Phi) is 5.82. The lowest BCUT2D eigenvalue weighted by Crippen LogP contribution is -2.29. The summed E-state index contributed by atoms with van der Waals surface area (Å²) in [6.45, 7) is 3.86. The van der Waals surface area contributed by atoms with Gasteiger partial charge in [-0.3, -0.25) is 24.6 Å². The molecule has 3 aromatic carbocycles. The molecule has 0 bridgehead atoms. The van der Waals surface area contributed by atoms with E-state index in [1.165, 1.54) is 46.6 Å². The molecule has 8 nitrogen and oxygen atoms in total. The number of nitro benzene ring substituents is 1. The van der Waals surface area contributed by atoms with Crippen molar-refractivity contribution >= 4 is 61.4 Å². The molecule has 1 aliphatic rings. The molecule has 2 heterocycles. The summed E-state index contributed by atoms with van der Waals surface area (Å²) in [5.41, 5.74) is 2.82. The molecule has 36 heavy (non-hydrogen) atoms. The van der Waals surface area contributed by atoms with Crippen LogP contribution in [-0.2, 0) is 9.59 Å². The zero-order chi connectivity index (χ0) is 25.7. The Morgan fingerprint density at radius 3 is 2.53 bits per heavy atom. The van der Waals surface area contributed by atoms with E-state index >= 15 is 0 Å². The number of nitrogens with zero attached hydrogens (tertiary/aromatic N) is 3. The third kappa shape index (κ3) is 3.92. The van der Waals surface area contributed by atoms with Gasteiger partial charge in [-0.25, -0.2) is 4.98 Å². The maximum absolute atomic E-state index is 13.4. The SMILES string of the molecule is Cc1cc(C)c2nc(N3C(=O)C(=O)C(=C(O)c4ccc(Cl)cc4)[C@@H]3c3cccc([N+](=O)[O-])c3)sc2c1. The van der Waals surface area contributed by atoms with Crippen LogP contribution in [0, 0.1) is 24.0 Å². The normalized spacial score (nSPS) is 17.2. The minimum absolute atomic E-state index is 0.185. The topological polar surface area (TPSA) is 114 Å². The number of aromatic nitrogens is 1. The van der Waals surface area contributed by atoms with Crippen LogP contribution in [0.25, 0.3) is 16.0 Å². The highest BCUT2D eigenvalue weighted by atomic mass is 35.5. The lowest BCUT2D eigenvalue weighted by Gasteiger charge is -2.22. The fourth-order valence-electron chi connectivity index (χ4n) is 4.38. The van der Waals surface area contributed by atoms with E-state index in [-0.39, 0.29) is 22.0 Å². The summed E-state index contributed by atoms with van der Waals surface area (Å²) in [5.74, 6) is -2.20. The van der Waals surface area contributed by atoms with E-state index in [1.54, 1.807) is 18.2 Å². The minimum atomic E-state index is -1.12. The Morgan fingerprint density at radius 2 is 1.83 bits per heavy atom. The van der Waals surface area contributed by atoms with Crippen LogP contribution in [0.2, 0.25) is 5.02 Å². The van der Waals surface area contributed by atoms with Gasteiger partial charge in [0.25, 0.3) is 11.5 Å². The van der Waals surface area contributed by atoms with Crippen LogP contribution in [-0.4, -0.2) is 26.7 Å². The first-order chi connectivity index (χ1) is 17.2. The van der Waals surface area contributed by atoms with Gasteiger partial charge in [0.05, 0.1) is 26.8 Å². The van der Waals surface area contributed by atoms with Crippen LogP contribution in [0.1, 0.15) is 28.3 Å². The second kappa shape index (κ2) is 8.85. The Balaban J connectivity index is 1.76. The summed E-state index contributed by atoms with van der Waals surface area (Å²) in [5, 5.41) is 23.3. The van der Waals surface area contributed by atoms with Gasteiger partial charge in [-0.15, -0.1) is 0 Å². The van der Waals surface area contributed by atoms with Crippen LogP contribution in [0.4, 0.5) is 10.8 Å². The van der Waals surface area contributed by atoms with Gasteiger partial charge in [-0.2, -0.15) is 0 Å². The number of halogens is 1. The van der Waals surface area contributed by atoms with Gasteiger partial charge in [-0.1, -0.05) is 41.1 Å². The molecule has 1 fully saturated rings. The molecule has 4 aromatic rings. The van der Waals surface area contributed by atoms with Crippen molar-refractivity contribution in [2.24, 2.45) is 0 Å². The van der Waals surface area contributed by atoms with Crippen LogP contribution in [0.5, 0.6) is 0 Å². The average molecular weight is 520 g/mol. The molecule has 1 aliphatic heterocycles. The highest BCUT2D eigenvalue weighted by Crippen LogP contribution is 2.45. The van der Waals surface area contributed by atoms with Crippen molar-refractivity contribution in [3.05, 3.63) is 104 Å². The largest absolute Gasteiger partial charge is 0.507 e. The first-order valence-corrected chi connectivity index (χ1v) is 12.0. The summed E-state index contributed by atoms with van der Waals surface area (Å²) >= 11 is 7.20. The average Bonchev–Trinajstić information content (AvgIpc) is 3.38. The van der Waals surface area contributed by atoms with Crippen LogP contribution >= 0.6 is 22.9 Å². The quantitative estimate of drug-likeness (QED) is 0.114. The molecule has 1 N–H and O–H groups in total. The maximum Gasteiger partial charge on any atom is 0.301 e. The fourth-order valence-corrected chi connectivity index (χ4v) is 5.67. The van der Waals surface area contributed by atoms with Gasteiger partial charge in [0, 0.05) is 22.7 Å². The number of fused-ring (bicyclic) bond motifs is 1. The molecule has 1 amide bonds. The molecule has 0 saturated carbocycles. The van der Waals surface area contributed by atoms with Crippen molar-refractivity contribution in [2.75, 3.05) is 4.90 Å². The number of carbonyl (C=O) groups excluding carboxylic acids is 2. The third-order valence-electron chi connectivity index (χ3n) is 5.98. The van der Waals surface area contributed by atoms with E-state index in [9.17, 15) is 24.8 Å². The Bertz CT molecular complexity index is 1610. The van der Waals surface area contributed by atoms with Crippen molar-refractivity contribution < 1.29 is 19.6 Å². The first-order valence-electron chi connectivity index (χ1n) is 10.8. The molecule has 180 valence electrons. The zero-order valence-corrected chi connectivity index (χ0v) is 20.6. The Labute approximate surface area is 214 Å². The number of aryl methyl sites for hydroxylation is 2. The summed E-state index contributed by atoms with van der Waals surface area (Å²) in [4.78, 5) is 43.5. The number of anilines is 1. The molecule has 1 atom stereocenters. The highest BCUT2D eigenvalue weighted by molar-refractivity contribution is 7.22. The standard InChI is InChI=1S/C26H18ClN3O5S/c1-13-10-14(2)21-19(11-13)36-26(28-21)29-22(16-4-3-5-18(12-16)30(34)35)20(24(32)25(29)33)23(31)15-6-8-17(27)9-7-15/h3-12,22,31H,1-2H3/t22-/m0/s1. The van der Waals surface area contributed by atoms with E-state index in [0.717, 1.165) is 15.8 Å². The van der Waals surface area contributed by atoms with Crippen molar-refractivity contribution in [2.45, 2.75) is 19.9 Å². The predicted octanol–water partition coefficient (Wildman–Crippen LogP) is 6.10. The van der Waals surface area contributed by atoms with Gasteiger partial charge in [0.15, 0.2) is 5.13 Å². The second-order valence-electron chi connectivity index (χ2n) is 8.45. The van der Waals surface area contributed by atoms with Crippen molar-refractivity contribution in [1.29, 1.82) is 0 Å². The number of hydrogen-bond donors (Lipinski definition) is 1. The number of aliphatic hydroxyl groups is 1. The maximum atomic E-state index is 13.4. The van der Waals surface area contributed by atoms with Crippen LogP contribution < -0.4 is 4.90 Å². The van der Waals surface area contributed by atoms with Crippen molar-refractivity contribution in [3.8, 4) is 0 Å².